The fourth-order valence-corrected chi connectivity index (χ4v) is 3.50. The summed E-state index contributed by atoms with van der Waals surface area (Å²) in [4.78, 5) is 7.29. The largest absolute Gasteiger partial charge is 0.314 e. The van der Waals surface area contributed by atoms with E-state index in [0.717, 1.165) is 42.5 Å². The van der Waals surface area contributed by atoms with Crippen molar-refractivity contribution in [1.82, 2.24) is 15.2 Å². The van der Waals surface area contributed by atoms with Gasteiger partial charge < -0.3 is 5.32 Å². The molecular weight excluding hydrogens is 290 g/mol. The van der Waals surface area contributed by atoms with Crippen LogP contribution in [0, 0.1) is 0 Å². The lowest BCUT2D eigenvalue weighted by molar-refractivity contribution is 0.185. The first-order valence-electron chi connectivity index (χ1n) is 6.90. The highest BCUT2D eigenvalue weighted by molar-refractivity contribution is 7.10. The Labute approximate surface area is 128 Å². The molecule has 1 aliphatic heterocycles. The van der Waals surface area contributed by atoms with Gasteiger partial charge in [0, 0.05) is 42.1 Å². The first-order valence-corrected chi connectivity index (χ1v) is 8.16. The van der Waals surface area contributed by atoms with Gasteiger partial charge in [-0.2, -0.15) is 0 Å². The highest BCUT2D eigenvalue weighted by Gasteiger charge is 2.20. The van der Waals surface area contributed by atoms with E-state index in [1.54, 1.807) is 11.3 Å². The molecule has 2 heterocycles. The van der Waals surface area contributed by atoms with Gasteiger partial charge in [-0.25, -0.2) is 4.98 Å². The first-order chi connectivity index (χ1) is 9.74. The molecule has 0 amide bonds. The van der Waals surface area contributed by atoms with Crippen LogP contribution in [0.15, 0.2) is 29.6 Å². The molecule has 20 heavy (non-hydrogen) atoms. The second-order valence-corrected chi connectivity index (χ2v) is 6.37. The molecule has 1 saturated heterocycles. The molecule has 1 fully saturated rings. The number of rotatable bonds is 3. The van der Waals surface area contributed by atoms with Gasteiger partial charge >= 0.3 is 0 Å². The van der Waals surface area contributed by atoms with E-state index in [-0.39, 0.29) is 0 Å². The highest BCUT2D eigenvalue weighted by Crippen LogP contribution is 2.29. The normalized spacial score (nSPS) is 18.1. The summed E-state index contributed by atoms with van der Waals surface area (Å²) in [5, 5.41) is 7.48. The van der Waals surface area contributed by atoms with E-state index in [0.29, 0.717) is 6.04 Å². The summed E-state index contributed by atoms with van der Waals surface area (Å²) in [5.41, 5.74) is 2.17. The fourth-order valence-electron chi connectivity index (χ4n) is 2.46. The molecule has 106 valence electrons. The standard InChI is InChI=1S/C15H18ClN3S/c1-11(19-8-6-17-7-9-19)15-18-14(10-20-15)12-2-4-13(16)5-3-12/h2-5,10-11,17H,6-9H2,1H3. The van der Waals surface area contributed by atoms with Crippen molar-refractivity contribution in [2.24, 2.45) is 0 Å². The van der Waals surface area contributed by atoms with Gasteiger partial charge in [-0.15, -0.1) is 11.3 Å². The Morgan fingerprint density at radius 1 is 1.25 bits per heavy atom. The topological polar surface area (TPSA) is 28.2 Å². The molecule has 3 nitrogen and oxygen atoms in total. The molecule has 3 rings (SSSR count). The number of nitrogens with zero attached hydrogens (tertiary/aromatic N) is 2. The van der Waals surface area contributed by atoms with Crippen LogP contribution in [0.1, 0.15) is 18.0 Å². The van der Waals surface area contributed by atoms with E-state index in [4.69, 9.17) is 16.6 Å². The second kappa shape index (κ2) is 6.22. The molecule has 1 N–H and O–H groups in total. The van der Waals surface area contributed by atoms with Gasteiger partial charge in [-0.05, 0) is 19.1 Å². The van der Waals surface area contributed by atoms with Crippen LogP contribution in [0.4, 0.5) is 0 Å². The lowest BCUT2D eigenvalue weighted by Crippen LogP contribution is -2.44. The van der Waals surface area contributed by atoms with Crippen LogP contribution >= 0.6 is 22.9 Å². The Morgan fingerprint density at radius 2 is 1.95 bits per heavy atom. The average molecular weight is 308 g/mol. The number of benzene rings is 1. The minimum absolute atomic E-state index is 0.392. The summed E-state index contributed by atoms with van der Waals surface area (Å²) in [6.07, 6.45) is 0. The van der Waals surface area contributed by atoms with Crippen LogP contribution in [0.3, 0.4) is 0 Å². The van der Waals surface area contributed by atoms with E-state index >= 15 is 0 Å². The van der Waals surface area contributed by atoms with Crippen LogP contribution in [-0.2, 0) is 0 Å². The second-order valence-electron chi connectivity index (χ2n) is 5.04. The lowest BCUT2D eigenvalue weighted by Gasteiger charge is -2.31. The van der Waals surface area contributed by atoms with Crippen molar-refractivity contribution in [2.45, 2.75) is 13.0 Å². The molecule has 1 aromatic heterocycles. The first kappa shape index (κ1) is 14.0. The molecule has 1 unspecified atom stereocenters. The quantitative estimate of drug-likeness (QED) is 0.941. The fraction of sp³-hybridized carbons (Fsp3) is 0.400. The number of thiazole rings is 1. The molecule has 0 spiro atoms. The third-order valence-electron chi connectivity index (χ3n) is 3.72. The van der Waals surface area contributed by atoms with Gasteiger partial charge in [0.05, 0.1) is 11.7 Å². The van der Waals surface area contributed by atoms with Gasteiger partial charge in [0.1, 0.15) is 5.01 Å². The number of aromatic nitrogens is 1. The summed E-state index contributed by atoms with van der Waals surface area (Å²) in [6, 6.07) is 8.27. The molecular formula is C15H18ClN3S. The Bertz CT molecular complexity index is 561. The van der Waals surface area contributed by atoms with E-state index < -0.39 is 0 Å². The minimum Gasteiger partial charge on any atom is -0.314 e. The van der Waals surface area contributed by atoms with Crippen LogP contribution in [0.2, 0.25) is 5.02 Å². The van der Waals surface area contributed by atoms with Crippen molar-refractivity contribution in [3.8, 4) is 11.3 Å². The van der Waals surface area contributed by atoms with E-state index in [1.807, 2.05) is 24.3 Å². The Hall–Kier alpha value is -0.940. The Kier molecular flexibility index (Phi) is 4.36. The monoisotopic (exact) mass is 307 g/mol. The molecule has 1 aromatic carbocycles. The summed E-state index contributed by atoms with van der Waals surface area (Å²) in [7, 11) is 0. The molecule has 0 saturated carbocycles. The van der Waals surface area contributed by atoms with Crippen molar-refractivity contribution in [2.75, 3.05) is 26.2 Å². The van der Waals surface area contributed by atoms with E-state index in [2.05, 4.69) is 22.5 Å². The Balaban J connectivity index is 1.77. The predicted octanol–water partition coefficient (Wildman–Crippen LogP) is 3.43. The molecule has 1 aliphatic rings. The predicted molar refractivity (Wildman–Crippen MR) is 85.4 cm³/mol. The zero-order chi connectivity index (χ0) is 13.9. The van der Waals surface area contributed by atoms with Crippen LogP contribution < -0.4 is 5.32 Å². The molecule has 2 aromatic rings. The maximum absolute atomic E-state index is 5.93. The van der Waals surface area contributed by atoms with E-state index in [1.165, 1.54) is 5.01 Å². The van der Waals surface area contributed by atoms with Crippen LogP contribution in [0.25, 0.3) is 11.3 Å². The lowest BCUT2D eigenvalue weighted by atomic mass is 10.2. The van der Waals surface area contributed by atoms with Crippen molar-refractivity contribution in [1.29, 1.82) is 0 Å². The van der Waals surface area contributed by atoms with Crippen molar-refractivity contribution in [3.05, 3.63) is 39.7 Å². The Morgan fingerprint density at radius 3 is 2.65 bits per heavy atom. The smallest absolute Gasteiger partial charge is 0.110 e. The van der Waals surface area contributed by atoms with Gasteiger partial charge in [0.15, 0.2) is 0 Å². The third-order valence-corrected chi connectivity index (χ3v) is 4.99. The van der Waals surface area contributed by atoms with Crippen molar-refractivity contribution >= 4 is 22.9 Å². The minimum atomic E-state index is 0.392. The highest BCUT2D eigenvalue weighted by atomic mass is 35.5. The maximum Gasteiger partial charge on any atom is 0.110 e. The van der Waals surface area contributed by atoms with Crippen molar-refractivity contribution in [3.63, 3.8) is 0 Å². The van der Waals surface area contributed by atoms with E-state index in [9.17, 15) is 0 Å². The van der Waals surface area contributed by atoms with Gasteiger partial charge in [-0.3, -0.25) is 4.90 Å². The zero-order valence-electron chi connectivity index (χ0n) is 11.5. The molecule has 0 aliphatic carbocycles. The third kappa shape index (κ3) is 3.04. The SMILES string of the molecule is CC(c1nc(-c2ccc(Cl)cc2)cs1)N1CCNCC1. The maximum atomic E-state index is 5.93. The zero-order valence-corrected chi connectivity index (χ0v) is 13.0. The average Bonchev–Trinajstić information content (AvgIpc) is 2.98. The van der Waals surface area contributed by atoms with Gasteiger partial charge in [0.2, 0.25) is 0 Å². The molecule has 0 radical (unpaired) electrons. The number of nitrogens with one attached hydrogen (secondary N) is 1. The number of hydrogen-bond donors (Lipinski definition) is 1. The molecule has 1 atom stereocenters. The molecule has 5 heteroatoms. The summed E-state index contributed by atoms with van der Waals surface area (Å²) < 4.78 is 0. The van der Waals surface area contributed by atoms with Gasteiger partial charge in [-0.1, -0.05) is 23.7 Å². The summed E-state index contributed by atoms with van der Waals surface area (Å²) >= 11 is 7.67. The number of halogens is 1. The van der Waals surface area contributed by atoms with Crippen LogP contribution in [0.5, 0.6) is 0 Å². The summed E-state index contributed by atoms with van der Waals surface area (Å²) in [6.45, 7) is 6.57. The summed E-state index contributed by atoms with van der Waals surface area (Å²) in [5.74, 6) is 0. The van der Waals surface area contributed by atoms with Crippen LogP contribution in [-0.4, -0.2) is 36.1 Å². The number of hydrogen-bond acceptors (Lipinski definition) is 4. The van der Waals surface area contributed by atoms with Gasteiger partial charge in [0.25, 0.3) is 0 Å². The number of piperazine rings is 1. The van der Waals surface area contributed by atoms with Crippen molar-refractivity contribution < 1.29 is 0 Å². The molecule has 0 bridgehead atoms.